The van der Waals surface area contributed by atoms with Gasteiger partial charge in [-0.3, -0.25) is 9.36 Å². The summed E-state index contributed by atoms with van der Waals surface area (Å²) in [6.45, 7) is 3.77. The lowest BCUT2D eigenvalue weighted by molar-refractivity contribution is 0.611. The molecule has 1 aromatic heterocycles. The van der Waals surface area contributed by atoms with Gasteiger partial charge in [0.2, 0.25) is 5.95 Å². The van der Waals surface area contributed by atoms with Crippen LogP contribution in [0.1, 0.15) is 18.5 Å². The van der Waals surface area contributed by atoms with Crippen molar-refractivity contribution in [2.45, 2.75) is 32.4 Å². The lowest BCUT2D eigenvalue weighted by Crippen LogP contribution is -2.25. The Morgan fingerprint density at radius 1 is 1.57 bits per heavy atom. The Bertz CT molecular complexity index is 437. The number of hydrogen-bond acceptors (Lipinski definition) is 3. The van der Waals surface area contributed by atoms with E-state index in [4.69, 9.17) is 0 Å². The fourth-order valence-electron chi connectivity index (χ4n) is 2.50. The van der Waals surface area contributed by atoms with Gasteiger partial charge in [0.15, 0.2) is 0 Å². The molecule has 4 nitrogen and oxygen atoms in total. The molecule has 14 heavy (non-hydrogen) atoms. The van der Waals surface area contributed by atoms with Gasteiger partial charge in [0.1, 0.15) is 0 Å². The van der Waals surface area contributed by atoms with E-state index in [9.17, 15) is 4.79 Å². The topological polar surface area (TPSA) is 38.1 Å². The van der Waals surface area contributed by atoms with Crippen LogP contribution in [0.4, 0.5) is 5.95 Å². The second-order valence-electron chi connectivity index (χ2n) is 4.14. The lowest BCUT2D eigenvalue weighted by Gasteiger charge is -2.15. The van der Waals surface area contributed by atoms with E-state index < -0.39 is 0 Å². The molecule has 2 aliphatic rings. The zero-order chi connectivity index (χ0) is 9.71. The third-order valence-corrected chi connectivity index (χ3v) is 3.14. The van der Waals surface area contributed by atoms with Crippen LogP contribution in [-0.4, -0.2) is 22.1 Å². The summed E-state index contributed by atoms with van der Waals surface area (Å²) in [4.78, 5) is 18.4. The fraction of sp³-hybridized carbons (Fsp3) is 0.600. The molecule has 0 aromatic carbocycles. The molecule has 0 N–H and O–H groups in total. The quantitative estimate of drug-likeness (QED) is 0.600. The highest BCUT2D eigenvalue weighted by atomic mass is 16.1. The van der Waals surface area contributed by atoms with Gasteiger partial charge < -0.3 is 4.90 Å². The number of hydrogen-bond donors (Lipinski definition) is 0. The first-order valence-electron chi connectivity index (χ1n) is 5.11. The third kappa shape index (κ3) is 0.937. The molecule has 0 radical (unpaired) electrons. The van der Waals surface area contributed by atoms with Crippen molar-refractivity contribution in [3.8, 4) is 0 Å². The molecule has 0 amide bonds. The van der Waals surface area contributed by atoms with Gasteiger partial charge in [-0.1, -0.05) is 0 Å². The molecular weight excluding hydrogens is 178 g/mol. The average Bonchev–Trinajstić information content (AvgIpc) is 2.65. The minimum atomic E-state index is 0.0990. The molecule has 74 valence electrons. The van der Waals surface area contributed by atoms with Crippen molar-refractivity contribution in [1.29, 1.82) is 0 Å². The Hall–Kier alpha value is -1.32. The standard InChI is InChI=1S/C10H13N3O/c1-7-5-9(14)13-6-8-3-2-4-12(8)10(13)11-7/h5,8H,2-4,6H2,1H3. The Balaban J connectivity index is 2.19. The summed E-state index contributed by atoms with van der Waals surface area (Å²) < 4.78 is 1.80. The van der Waals surface area contributed by atoms with Crippen LogP contribution in [-0.2, 0) is 6.54 Å². The predicted octanol–water partition coefficient (Wildman–Crippen LogP) is 0.534. The van der Waals surface area contributed by atoms with Crippen molar-refractivity contribution < 1.29 is 0 Å². The summed E-state index contributed by atoms with van der Waals surface area (Å²) in [5.74, 6) is 0.887. The van der Waals surface area contributed by atoms with Crippen molar-refractivity contribution in [3.63, 3.8) is 0 Å². The zero-order valence-corrected chi connectivity index (χ0v) is 8.23. The SMILES string of the molecule is Cc1cc(=O)n2c(n1)N1CCCC1C2. The molecule has 0 spiro atoms. The molecule has 3 rings (SSSR count). The van der Waals surface area contributed by atoms with Gasteiger partial charge >= 0.3 is 0 Å². The van der Waals surface area contributed by atoms with E-state index >= 15 is 0 Å². The van der Waals surface area contributed by atoms with E-state index in [1.54, 1.807) is 10.6 Å². The molecule has 2 aliphatic heterocycles. The fourth-order valence-corrected chi connectivity index (χ4v) is 2.50. The Morgan fingerprint density at radius 3 is 3.29 bits per heavy atom. The highest BCUT2D eigenvalue weighted by molar-refractivity contribution is 5.39. The van der Waals surface area contributed by atoms with E-state index in [0.717, 1.165) is 24.7 Å². The molecule has 1 fully saturated rings. The van der Waals surface area contributed by atoms with Crippen molar-refractivity contribution in [2.75, 3.05) is 11.4 Å². The van der Waals surface area contributed by atoms with Gasteiger partial charge in [-0.05, 0) is 19.8 Å². The van der Waals surface area contributed by atoms with E-state index in [1.807, 2.05) is 6.92 Å². The van der Waals surface area contributed by atoms with Crippen LogP contribution >= 0.6 is 0 Å². The Labute approximate surface area is 82.2 Å². The minimum absolute atomic E-state index is 0.0990. The number of anilines is 1. The maximum Gasteiger partial charge on any atom is 0.255 e. The van der Waals surface area contributed by atoms with Gasteiger partial charge in [0.05, 0.1) is 6.04 Å². The minimum Gasteiger partial charge on any atom is -0.337 e. The average molecular weight is 191 g/mol. The van der Waals surface area contributed by atoms with E-state index in [1.165, 1.54) is 12.8 Å². The van der Waals surface area contributed by atoms with Crippen LogP contribution in [0.5, 0.6) is 0 Å². The second-order valence-corrected chi connectivity index (χ2v) is 4.14. The van der Waals surface area contributed by atoms with E-state index in [-0.39, 0.29) is 5.56 Å². The highest BCUT2D eigenvalue weighted by Crippen LogP contribution is 2.29. The first-order valence-corrected chi connectivity index (χ1v) is 5.11. The van der Waals surface area contributed by atoms with Gasteiger partial charge in [0, 0.05) is 24.8 Å². The molecule has 1 aromatic rings. The predicted molar refractivity (Wildman–Crippen MR) is 53.6 cm³/mol. The van der Waals surface area contributed by atoms with Crippen molar-refractivity contribution in [1.82, 2.24) is 9.55 Å². The zero-order valence-electron chi connectivity index (χ0n) is 8.23. The summed E-state index contributed by atoms with van der Waals surface area (Å²) in [5.41, 5.74) is 0.927. The van der Waals surface area contributed by atoms with Crippen LogP contribution in [0.15, 0.2) is 10.9 Å². The van der Waals surface area contributed by atoms with Crippen LogP contribution in [0.2, 0.25) is 0 Å². The maximum atomic E-state index is 11.7. The number of aryl methyl sites for hydroxylation is 1. The Kier molecular flexibility index (Phi) is 1.48. The number of rotatable bonds is 0. The van der Waals surface area contributed by atoms with Crippen LogP contribution < -0.4 is 10.5 Å². The number of aromatic nitrogens is 2. The summed E-state index contributed by atoms with van der Waals surface area (Å²) >= 11 is 0. The van der Waals surface area contributed by atoms with Crippen molar-refractivity contribution in [3.05, 3.63) is 22.1 Å². The summed E-state index contributed by atoms with van der Waals surface area (Å²) in [5, 5.41) is 0. The molecule has 0 saturated carbocycles. The van der Waals surface area contributed by atoms with Gasteiger partial charge in [-0.25, -0.2) is 4.98 Å². The first-order chi connectivity index (χ1) is 6.75. The normalized spacial score (nSPS) is 23.8. The molecule has 1 saturated heterocycles. The monoisotopic (exact) mass is 191 g/mol. The molecule has 3 heterocycles. The molecule has 0 aliphatic carbocycles. The van der Waals surface area contributed by atoms with Crippen LogP contribution in [0.3, 0.4) is 0 Å². The first kappa shape index (κ1) is 8.03. The smallest absolute Gasteiger partial charge is 0.255 e. The maximum absolute atomic E-state index is 11.7. The van der Waals surface area contributed by atoms with E-state index in [2.05, 4.69) is 9.88 Å². The molecule has 4 heteroatoms. The van der Waals surface area contributed by atoms with E-state index in [0.29, 0.717) is 6.04 Å². The molecule has 0 bridgehead atoms. The van der Waals surface area contributed by atoms with Crippen LogP contribution in [0.25, 0.3) is 0 Å². The third-order valence-electron chi connectivity index (χ3n) is 3.14. The summed E-state index contributed by atoms with van der Waals surface area (Å²) in [6.07, 6.45) is 2.43. The highest BCUT2D eigenvalue weighted by Gasteiger charge is 2.34. The van der Waals surface area contributed by atoms with Gasteiger partial charge in [-0.2, -0.15) is 0 Å². The summed E-state index contributed by atoms with van der Waals surface area (Å²) in [7, 11) is 0. The van der Waals surface area contributed by atoms with Crippen molar-refractivity contribution in [2.24, 2.45) is 0 Å². The van der Waals surface area contributed by atoms with Crippen molar-refractivity contribution >= 4 is 5.95 Å². The molecular formula is C10H13N3O. The van der Waals surface area contributed by atoms with Gasteiger partial charge in [0.25, 0.3) is 5.56 Å². The largest absolute Gasteiger partial charge is 0.337 e. The van der Waals surface area contributed by atoms with Gasteiger partial charge in [-0.15, -0.1) is 0 Å². The molecule has 1 unspecified atom stereocenters. The number of fused-ring (bicyclic) bond motifs is 3. The number of nitrogens with zero attached hydrogens (tertiary/aromatic N) is 3. The summed E-state index contributed by atoms with van der Waals surface area (Å²) in [6, 6.07) is 2.14. The second kappa shape index (κ2) is 2.59. The van der Waals surface area contributed by atoms with Crippen LogP contribution in [0, 0.1) is 6.92 Å². The Morgan fingerprint density at radius 2 is 2.43 bits per heavy atom. The lowest BCUT2D eigenvalue weighted by atomic mass is 10.2. The molecule has 1 atom stereocenters.